The minimum atomic E-state index is 0.157. The van der Waals surface area contributed by atoms with Crippen molar-refractivity contribution in [3.05, 3.63) is 18.1 Å². The Bertz CT molecular complexity index is 513. The highest BCUT2D eigenvalue weighted by atomic mass is 16.2. The lowest BCUT2D eigenvalue weighted by Crippen LogP contribution is -2.48. The molecule has 1 aromatic heterocycles. The molecule has 1 amide bonds. The summed E-state index contributed by atoms with van der Waals surface area (Å²) in [6, 6.07) is 0.375. The van der Waals surface area contributed by atoms with Crippen molar-refractivity contribution in [2.75, 3.05) is 44.7 Å². The lowest BCUT2D eigenvalue weighted by atomic mass is 10.1. The summed E-state index contributed by atoms with van der Waals surface area (Å²) in [7, 11) is 2.16. The summed E-state index contributed by atoms with van der Waals surface area (Å²) in [6.07, 6.45) is 5.92. The van der Waals surface area contributed by atoms with Gasteiger partial charge in [-0.15, -0.1) is 0 Å². The van der Waals surface area contributed by atoms with Gasteiger partial charge in [-0.05, 0) is 26.4 Å². The van der Waals surface area contributed by atoms with Crippen LogP contribution in [0.2, 0.25) is 0 Å². The molecule has 114 valence electrons. The number of amides is 1. The molecule has 3 rings (SSSR count). The van der Waals surface area contributed by atoms with Gasteiger partial charge in [-0.25, -0.2) is 4.98 Å². The normalized spacial score (nSPS) is 23.6. The second-order valence-electron chi connectivity index (χ2n) is 5.90. The van der Waals surface area contributed by atoms with Crippen LogP contribution in [0.4, 0.5) is 5.82 Å². The van der Waals surface area contributed by atoms with Gasteiger partial charge in [-0.1, -0.05) is 0 Å². The highest BCUT2D eigenvalue weighted by molar-refractivity contribution is 5.73. The molecule has 0 aromatic carbocycles. The van der Waals surface area contributed by atoms with Crippen LogP contribution in [0.25, 0.3) is 0 Å². The quantitative estimate of drug-likeness (QED) is 0.810. The van der Waals surface area contributed by atoms with Gasteiger partial charge in [0.1, 0.15) is 0 Å². The average Bonchev–Trinajstić information content (AvgIpc) is 2.93. The summed E-state index contributed by atoms with van der Waals surface area (Å²) < 4.78 is 0. The van der Waals surface area contributed by atoms with E-state index in [-0.39, 0.29) is 5.91 Å². The fourth-order valence-corrected chi connectivity index (χ4v) is 3.31. The minimum Gasteiger partial charge on any atom is -0.352 e. The Morgan fingerprint density at radius 1 is 1.14 bits per heavy atom. The zero-order valence-corrected chi connectivity index (χ0v) is 12.8. The van der Waals surface area contributed by atoms with E-state index < -0.39 is 0 Å². The molecular formula is C15H23N5O. The molecule has 0 spiro atoms. The monoisotopic (exact) mass is 289 g/mol. The third-order valence-corrected chi connectivity index (χ3v) is 4.57. The van der Waals surface area contributed by atoms with Gasteiger partial charge in [0.25, 0.3) is 0 Å². The van der Waals surface area contributed by atoms with Crippen molar-refractivity contribution in [2.45, 2.75) is 25.8 Å². The summed E-state index contributed by atoms with van der Waals surface area (Å²) in [4.78, 5) is 27.2. The molecule has 0 bridgehead atoms. The van der Waals surface area contributed by atoms with Crippen LogP contribution in [0.1, 0.15) is 31.5 Å². The van der Waals surface area contributed by atoms with Crippen molar-refractivity contribution < 1.29 is 4.79 Å². The third kappa shape index (κ3) is 2.85. The van der Waals surface area contributed by atoms with Crippen LogP contribution in [-0.4, -0.2) is 65.4 Å². The largest absolute Gasteiger partial charge is 0.352 e. The minimum absolute atomic E-state index is 0.157. The van der Waals surface area contributed by atoms with Crippen LogP contribution in [0, 0.1) is 0 Å². The molecule has 2 aliphatic rings. The van der Waals surface area contributed by atoms with Crippen LogP contribution >= 0.6 is 0 Å². The second kappa shape index (κ2) is 5.97. The van der Waals surface area contributed by atoms with E-state index in [1.165, 1.54) is 6.42 Å². The molecule has 2 saturated heterocycles. The topological polar surface area (TPSA) is 52.6 Å². The zero-order chi connectivity index (χ0) is 14.8. The van der Waals surface area contributed by atoms with Crippen LogP contribution < -0.4 is 4.90 Å². The van der Waals surface area contributed by atoms with E-state index in [0.717, 1.165) is 50.7 Å². The maximum absolute atomic E-state index is 11.4. The van der Waals surface area contributed by atoms with E-state index in [4.69, 9.17) is 0 Å². The van der Waals surface area contributed by atoms with Crippen molar-refractivity contribution in [3.63, 3.8) is 0 Å². The van der Waals surface area contributed by atoms with Gasteiger partial charge in [0, 0.05) is 45.5 Å². The molecular weight excluding hydrogens is 266 g/mol. The molecule has 6 nitrogen and oxygen atoms in total. The summed E-state index contributed by atoms with van der Waals surface area (Å²) in [5.74, 6) is 1.16. The SMILES string of the molecule is CC(=O)N1CCN(c2nccnc2C2CCCN2C)CC1. The summed E-state index contributed by atoms with van der Waals surface area (Å²) in [6.45, 7) is 5.97. The highest BCUT2D eigenvalue weighted by Crippen LogP contribution is 2.33. The Morgan fingerprint density at radius 2 is 1.86 bits per heavy atom. The Kier molecular flexibility index (Phi) is 4.05. The van der Waals surface area contributed by atoms with Gasteiger partial charge in [0.15, 0.2) is 5.82 Å². The Labute approximate surface area is 125 Å². The molecule has 21 heavy (non-hydrogen) atoms. The first-order chi connectivity index (χ1) is 10.2. The standard InChI is InChI=1S/C15H23N5O/c1-12(21)19-8-10-20(11-9-19)15-14(16-5-6-17-15)13-4-3-7-18(13)2/h5-6,13H,3-4,7-11H2,1-2H3. The first-order valence-electron chi connectivity index (χ1n) is 7.68. The highest BCUT2D eigenvalue weighted by Gasteiger charge is 2.29. The van der Waals surface area contributed by atoms with E-state index >= 15 is 0 Å². The first-order valence-corrected chi connectivity index (χ1v) is 7.68. The molecule has 1 aromatic rings. The van der Waals surface area contributed by atoms with Crippen LogP contribution in [0.5, 0.6) is 0 Å². The van der Waals surface area contributed by atoms with Crippen LogP contribution in [0.3, 0.4) is 0 Å². The maximum atomic E-state index is 11.4. The number of hydrogen-bond donors (Lipinski definition) is 0. The van der Waals surface area contributed by atoms with Crippen molar-refractivity contribution in [2.24, 2.45) is 0 Å². The van der Waals surface area contributed by atoms with E-state index in [2.05, 4.69) is 26.8 Å². The lowest BCUT2D eigenvalue weighted by Gasteiger charge is -2.36. The molecule has 2 fully saturated rings. The van der Waals surface area contributed by atoms with E-state index in [9.17, 15) is 4.79 Å². The number of carbonyl (C=O) groups is 1. The van der Waals surface area contributed by atoms with E-state index in [1.54, 1.807) is 19.3 Å². The van der Waals surface area contributed by atoms with Gasteiger partial charge in [0.05, 0.1) is 11.7 Å². The number of likely N-dealkylation sites (tertiary alicyclic amines) is 1. The summed E-state index contributed by atoms with van der Waals surface area (Å²) in [5, 5.41) is 0. The number of nitrogens with zero attached hydrogens (tertiary/aromatic N) is 5. The van der Waals surface area contributed by atoms with E-state index in [0.29, 0.717) is 6.04 Å². The fourth-order valence-electron chi connectivity index (χ4n) is 3.31. The number of aromatic nitrogens is 2. The summed E-state index contributed by atoms with van der Waals surface area (Å²) >= 11 is 0. The smallest absolute Gasteiger partial charge is 0.219 e. The predicted octanol–water partition coefficient (Wildman–Crippen LogP) is 0.912. The lowest BCUT2D eigenvalue weighted by molar-refractivity contribution is -0.129. The van der Waals surface area contributed by atoms with Gasteiger partial charge < -0.3 is 9.80 Å². The number of hydrogen-bond acceptors (Lipinski definition) is 5. The molecule has 1 unspecified atom stereocenters. The molecule has 0 N–H and O–H groups in total. The molecule has 2 aliphatic heterocycles. The molecule has 0 radical (unpaired) electrons. The first kappa shape index (κ1) is 14.3. The third-order valence-electron chi connectivity index (χ3n) is 4.57. The van der Waals surface area contributed by atoms with Crippen molar-refractivity contribution in [1.82, 2.24) is 19.8 Å². The molecule has 3 heterocycles. The number of piperazine rings is 1. The van der Waals surface area contributed by atoms with Gasteiger partial charge in [-0.2, -0.15) is 0 Å². The number of rotatable bonds is 2. The summed E-state index contributed by atoms with van der Waals surface area (Å²) in [5.41, 5.74) is 1.09. The van der Waals surface area contributed by atoms with Gasteiger partial charge >= 0.3 is 0 Å². The second-order valence-corrected chi connectivity index (χ2v) is 5.90. The van der Waals surface area contributed by atoms with Crippen molar-refractivity contribution in [3.8, 4) is 0 Å². The fraction of sp³-hybridized carbons (Fsp3) is 0.667. The molecule has 1 atom stereocenters. The van der Waals surface area contributed by atoms with Crippen LogP contribution in [-0.2, 0) is 4.79 Å². The van der Waals surface area contributed by atoms with Gasteiger partial charge in [-0.3, -0.25) is 14.7 Å². The molecule has 0 saturated carbocycles. The zero-order valence-electron chi connectivity index (χ0n) is 12.8. The Balaban J connectivity index is 1.78. The Morgan fingerprint density at radius 3 is 2.48 bits per heavy atom. The van der Waals surface area contributed by atoms with Gasteiger partial charge in [0.2, 0.25) is 5.91 Å². The predicted molar refractivity (Wildman–Crippen MR) is 81.1 cm³/mol. The maximum Gasteiger partial charge on any atom is 0.219 e. The van der Waals surface area contributed by atoms with E-state index in [1.807, 2.05) is 4.90 Å². The van der Waals surface area contributed by atoms with Crippen molar-refractivity contribution >= 4 is 11.7 Å². The Hall–Kier alpha value is -1.69. The molecule has 6 heteroatoms. The van der Waals surface area contributed by atoms with Crippen molar-refractivity contribution in [1.29, 1.82) is 0 Å². The van der Waals surface area contributed by atoms with Crippen LogP contribution in [0.15, 0.2) is 12.4 Å². The average molecular weight is 289 g/mol. The number of anilines is 1. The number of carbonyl (C=O) groups excluding carboxylic acids is 1. The molecule has 0 aliphatic carbocycles.